The van der Waals surface area contributed by atoms with Crippen LogP contribution >= 0.6 is 0 Å². The smallest absolute Gasteiger partial charge is 0.150 e. The molecule has 3 nitrogen and oxygen atoms in total. The number of anilines is 1. The second-order valence-corrected chi connectivity index (χ2v) is 6.51. The van der Waals surface area contributed by atoms with E-state index in [-0.39, 0.29) is 0 Å². The third-order valence-electron chi connectivity index (χ3n) is 4.51. The van der Waals surface area contributed by atoms with Crippen LogP contribution in [0.4, 0.5) is 5.69 Å². The molecule has 3 heteroatoms. The van der Waals surface area contributed by atoms with Crippen LogP contribution in [0.2, 0.25) is 0 Å². The monoisotopic (exact) mass is 270 g/mol. The molecule has 0 aromatic heterocycles. The van der Waals surface area contributed by atoms with Gasteiger partial charge in [0.1, 0.15) is 12.4 Å². The van der Waals surface area contributed by atoms with Gasteiger partial charge in [-0.3, -0.25) is 4.79 Å². The highest BCUT2D eigenvalue weighted by Crippen LogP contribution is 2.38. The van der Waals surface area contributed by atoms with Crippen LogP contribution in [0.15, 0.2) is 18.2 Å². The fraction of sp³-hybridized carbons (Fsp3) is 0.529. The van der Waals surface area contributed by atoms with Crippen molar-refractivity contribution in [3.63, 3.8) is 0 Å². The SMILES string of the molecule is CN(c1ccc(C=O)cc1C#N)C1CCC(C)(C)CC1. The van der Waals surface area contributed by atoms with E-state index in [0.717, 1.165) is 24.8 Å². The first-order chi connectivity index (χ1) is 9.46. The lowest BCUT2D eigenvalue weighted by Gasteiger charge is -2.39. The number of nitriles is 1. The Bertz CT molecular complexity index is 532. The third-order valence-corrected chi connectivity index (χ3v) is 4.51. The number of benzene rings is 1. The minimum Gasteiger partial charge on any atom is -0.371 e. The van der Waals surface area contributed by atoms with Crippen molar-refractivity contribution >= 4 is 12.0 Å². The van der Waals surface area contributed by atoms with Crippen LogP contribution in [0, 0.1) is 16.7 Å². The number of carbonyl (C=O) groups is 1. The summed E-state index contributed by atoms with van der Waals surface area (Å²) in [6, 6.07) is 8.04. The van der Waals surface area contributed by atoms with Gasteiger partial charge in [-0.1, -0.05) is 13.8 Å². The summed E-state index contributed by atoms with van der Waals surface area (Å²) >= 11 is 0. The Labute approximate surface area is 121 Å². The Morgan fingerprint density at radius 1 is 1.35 bits per heavy atom. The summed E-state index contributed by atoms with van der Waals surface area (Å²) in [6.07, 6.45) is 5.54. The second kappa shape index (κ2) is 5.66. The lowest BCUT2D eigenvalue weighted by molar-refractivity contribution is 0.112. The van der Waals surface area contributed by atoms with Gasteiger partial charge in [0, 0.05) is 18.7 Å². The van der Waals surface area contributed by atoms with Crippen LogP contribution in [-0.4, -0.2) is 19.4 Å². The van der Waals surface area contributed by atoms with Crippen molar-refractivity contribution in [3.05, 3.63) is 29.3 Å². The molecule has 1 aliphatic rings. The molecule has 1 aliphatic carbocycles. The number of hydrogen-bond acceptors (Lipinski definition) is 3. The molecule has 0 saturated heterocycles. The number of nitrogens with zero attached hydrogens (tertiary/aromatic N) is 2. The Morgan fingerprint density at radius 3 is 2.55 bits per heavy atom. The highest BCUT2D eigenvalue weighted by molar-refractivity contribution is 5.78. The van der Waals surface area contributed by atoms with E-state index in [9.17, 15) is 10.1 Å². The highest BCUT2D eigenvalue weighted by Gasteiger charge is 2.29. The van der Waals surface area contributed by atoms with Gasteiger partial charge < -0.3 is 4.90 Å². The van der Waals surface area contributed by atoms with Gasteiger partial charge in [-0.15, -0.1) is 0 Å². The van der Waals surface area contributed by atoms with Crippen LogP contribution in [0.1, 0.15) is 55.5 Å². The molecule has 2 rings (SSSR count). The molecule has 1 aromatic rings. The standard InChI is InChI=1S/C17H22N2O/c1-17(2)8-6-15(7-9-17)19(3)16-5-4-13(12-20)10-14(16)11-18/h4-5,10,12,15H,6-9H2,1-3H3. The molecular weight excluding hydrogens is 248 g/mol. The zero-order valence-corrected chi connectivity index (χ0v) is 12.5. The summed E-state index contributed by atoms with van der Waals surface area (Å²) < 4.78 is 0. The molecule has 106 valence electrons. The quantitative estimate of drug-likeness (QED) is 0.785. The normalized spacial score (nSPS) is 18.3. The number of aldehydes is 1. The molecule has 1 fully saturated rings. The molecule has 1 aromatic carbocycles. The van der Waals surface area contributed by atoms with Crippen molar-refractivity contribution < 1.29 is 4.79 Å². The van der Waals surface area contributed by atoms with E-state index < -0.39 is 0 Å². The first-order valence-electron chi connectivity index (χ1n) is 7.19. The minimum absolute atomic E-state index is 0.441. The van der Waals surface area contributed by atoms with Crippen LogP contribution < -0.4 is 4.90 Å². The summed E-state index contributed by atoms with van der Waals surface area (Å²) in [5.74, 6) is 0. The molecule has 0 atom stereocenters. The van der Waals surface area contributed by atoms with E-state index in [0.29, 0.717) is 22.6 Å². The summed E-state index contributed by atoms with van der Waals surface area (Å²) in [5.41, 5.74) is 2.52. The number of hydrogen-bond donors (Lipinski definition) is 0. The molecule has 0 bridgehead atoms. The maximum absolute atomic E-state index is 10.8. The van der Waals surface area contributed by atoms with Gasteiger partial charge in [0.05, 0.1) is 11.3 Å². The molecule has 0 radical (unpaired) electrons. The van der Waals surface area contributed by atoms with Gasteiger partial charge >= 0.3 is 0 Å². The molecule has 1 saturated carbocycles. The van der Waals surface area contributed by atoms with Gasteiger partial charge in [-0.2, -0.15) is 5.26 Å². The van der Waals surface area contributed by atoms with E-state index in [1.165, 1.54) is 12.8 Å². The van der Waals surface area contributed by atoms with Crippen LogP contribution in [0.25, 0.3) is 0 Å². The van der Waals surface area contributed by atoms with Crippen molar-refractivity contribution in [1.29, 1.82) is 5.26 Å². The van der Waals surface area contributed by atoms with Crippen molar-refractivity contribution in [2.75, 3.05) is 11.9 Å². The van der Waals surface area contributed by atoms with Crippen LogP contribution in [-0.2, 0) is 0 Å². The molecule has 0 N–H and O–H groups in total. The van der Waals surface area contributed by atoms with E-state index in [2.05, 4.69) is 31.9 Å². The third kappa shape index (κ3) is 3.01. The van der Waals surface area contributed by atoms with Crippen molar-refractivity contribution in [2.24, 2.45) is 5.41 Å². The summed E-state index contributed by atoms with van der Waals surface area (Å²) in [4.78, 5) is 13.0. The Kier molecular flexibility index (Phi) is 4.13. The first kappa shape index (κ1) is 14.6. The van der Waals surface area contributed by atoms with Gasteiger partial charge in [-0.25, -0.2) is 0 Å². The number of carbonyl (C=O) groups excluding carboxylic acids is 1. The molecule has 0 aliphatic heterocycles. The fourth-order valence-corrected chi connectivity index (χ4v) is 2.99. The Hall–Kier alpha value is -1.82. The predicted octanol–water partition coefficient (Wildman–Crippen LogP) is 3.78. The summed E-state index contributed by atoms with van der Waals surface area (Å²) in [7, 11) is 2.06. The zero-order chi connectivity index (χ0) is 14.8. The van der Waals surface area contributed by atoms with Gasteiger partial charge in [0.15, 0.2) is 0 Å². The van der Waals surface area contributed by atoms with Crippen LogP contribution in [0.3, 0.4) is 0 Å². The topological polar surface area (TPSA) is 44.1 Å². The molecule has 0 heterocycles. The molecule has 0 unspecified atom stereocenters. The van der Waals surface area contributed by atoms with Crippen molar-refractivity contribution in [2.45, 2.75) is 45.6 Å². The largest absolute Gasteiger partial charge is 0.371 e. The average Bonchev–Trinajstić information content (AvgIpc) is 2.45. The summed E-state index contributed by atoms with van der Waals surface area (Å²) in [5, 5.41) is 9.28. The molecular formula is C17H22N2O. The molecule has 0 spiro atoms. The van der Waals surface area contributed by atoms with E-state index in [1.807, 2.05) is 6.07 Å². The molecule has 0 amide bonds. The lowest BCUT2D eigenvalue weighted by atomic mass is 9.75. The first-order valence-corrected chi connectivity index (χ1v) is 7.19. The van der Waals surface area contributed by atoms with Gasteiger partial charge in [-0.05, 0) is 49.3 Å². The maximum Gasteiger partial charge on any atom is 0.150 e. The zero-order valence-electron chi connectivity index (χ0n) is 12.5. The predicted molar refractivity (Wildman–Crippen MR) is 81.0 cm³/mol. The van der Waals surface area contributed by atoms with Crippen molar-refractivity contribution in [3.8, 4) is 6.07 Å². The van der Waals surface area contributed by atoms with E-state index in [1.54, 1.807) is 12.1 Å². The Balaban J connectivity index is 2.19. The second-order valence-electron chi connectivity index (χ2n) is 6.51. The Morgan fingerprint density at radius 2 is 2.00 bits per heavy atom. The highest BCUT2D eigenvalue weighted by atomic mass is 16.1. The lowest BCUT2D eigenvalue weighted by Crippen LogP contribution is -2.37. The van der Waals surface area contributed by atoms with Crippen molar-refractivity contribution in [1.82, 2.24) is 0 Å². The fourth-order valence-electron chi connectivity index (χ4n) is 2.99. The van der Waals surface area contributed by atoms with Gasteiger partial charge in [0.25, 0.3) is 0 Å². The summed E-state index contributed by atoms with van der Waals surface area (Å²) in [6.45, 7) is 4.64. The average molecular weight is 270 g/mol. The minimum atomic E-state index is 0.441. The van der Waals surface area contributed by atoms with E-state index in [4.69, 9.17) is 0 Å². The van der Waals surface area contributed by atoms with Crippen LogP contribution in [0.5, 0.6) is 0 Å². The van der Waals surface area contributed by atoms with Gasteiger partial charge in [0.2, 0.25) is 0 Å². The number of rotatable bonds is 3. The van der Waals surface area contributed by atoms with E-state index >= 15 is 0 Å². The molecule has 20 heavy (non-hydrogen) atoms. The maximum atomic E-state index is 10.8.